The Hall–Kier alpha value is 0.906. The Labute approximate surface area is 88.0 Å². The second-order valence-electron chi connectivity index (χ2n) is 2.95. The average molecular weight is 156 g/mol. The van der Waals surface area contributed by atoms with Crippen molar-refractivity contribution in [3.05, 3.63) is 0 Å². The second-order valence-corrected chi connectivity index (χ2v) is 6.72. The molecule has 3 nitrogen and oxygen atoms in total. The molecule has 0 unspecified atom stereocenters. The van der Waals surface area contributed by atoms with Crippen LogP contribution in [0.2, 0.25) is -0.490 Å². The van der Waals surface area contributed by atoms with E-state index in [0.717, 1.165) is 48.5 Å². The summed E-state index contributed by atoms with van der Waals surface area (Å²) in [5, 5.41) is 13.9. The number of hydrogen-bond acceptors (Lipinski definition) is 1. The molecular weight excluding hydrogens is 147 g/mol. The minimum Gasteiger partial charge on any atom is -0.450 e. The third-order valence-electron chi connectivity index (χ3n) is 1.25. The Bertz CT molecular complexity index is 101. The summed E-state index contributed by atoms with van der Waals surface area (Å²) in [5.74, 6) is 0. The van der Waals surface area contributed by atoms with E-state index in [9.17, 15) is 0 Å². The molecule has 1 aliphatic rings. The van der Waals surface area contributed by atoms with Crippen LogP contribution in [0.25, 0.3) is 0 Å². The molecule has 1 saturated carbocycles. The summed E-state index contributed by atoms with van der Waals surface area (Å²) in [7, 11) is 0. The van der Waals surface area contributed by atoms with Gasteiger partial charge in [-0.3, -0.25) is 0 Å². The molecule has 0 aliphatic heterocycles. The first kappa shape index (κ1) is 9.91. The Morgan fingerprint density at radius 3 is 1.67 bits per heavy atom. The van der Waals surface area contributed by atoms with E-state index in [-0.39, 0.29) is 0 Å². The summed E-state index contributed by atoms with van der Waals surface area (Å²) in [4.78, 5) is 8.56. The minimum absolute atomic E-state index is 0.938. The van der Waals surface area contributed by atoms with Crippen LogP contribution in [0.4, 0.5) is 4.79 Å². The molecule has 0 saturated heterocycles. The predicted molar refractivity (Wildman–Crippen MR) is 34.0 cm³/mol. The van der Waals surface area contributed by atoms with Gasteiger partial charge in [0, 0.05) is 0 Å². The summed E-state index contributed by atoms with van der Waals surface area (Å²) >= 11 is 1.11. The van der Waals surface area contributed by atoms with E-state index in [1.165, 1.54) is 12.8 Å². The van der Waals surface area contributed by atoms with Gasteiger partial charge in [0.1, 0.15) is 0 Å². The van der Waals surface area contributed by atoms with Gasteiger partial charge in [-0.25, -0.2) is 4.79 Å². The molecule has 4 heteroatoms. The monoisotopic (exact) mass is 156 g/mol. The van der Waals surface area contributed by atoms with Crippen molar-refractivity contribution in [2.75, 3.05) is 0 Å². The zero-order valence-corrected chi connectivity index (χ0v) is 8.84. The summed E-state index contributed by atoms with van der Waals surface area (Å²) in [6.07, 6.45) is 1.24. The molecule has 9 heavy (non-hydrogen) atoms. The van der Waals surface area contributed by atoms with Crippen LogP contribution in [0.1, 0.15) is 19.8 Å². The molecule has 0 spiro atoms. The van der Waals surface area contributed by atoms with Crippen LogP contribution in [-0.4, -0.2) is 65.3 Å². The molecule has 0 radical (unpaired) electrons. The van der Waals surface area contributed by atoms with E-state index >= 15 is 0 Å². The van der Waals surface area contributed by atoms with E-state index in [1.807, 2.05) is 0 Å². The quantitative estimate of drug-likeness (QED) is 0.520. The largest absolute Gasteiger partial charge is 0.503 e. The maximum atomic E-state index is 8.56. The Morgan fingerprint density at radius 1 is 1.56 bits per heavy atom. The van der Waals surface area contributed by atoms with Gasteiger partial charge in [0.25, 0.3) is 0 Å². The van der Waals surface area contributed by atoms with Gasteiger partial charge in [0.15, 0.2) is 0 Å². The van der Waals surface area contributed by atoms with Crippen LogP contribution >= 0.6 is 0 Å². The maximum Gasteiger partial charge on any atom is 0.503 e. The predicted octanol–water partition coefficient (Wildman–Crippen LogP) is 1.35. The fraction of sp³-hybridized carbons (Fsp3) is 0.800. The smallest absolute Gasteiger partial charge is 0.450 e. The zero-order valence-electron chi connectivity index (χ0n) is 5.72. The van der Waals surface area contributed by atoms with E-state index in [0.29, 0.717) is 0 Å². The van der Waals surface area contributed by atoms with Crippen LogP contribution in [0.3, 0.4) is 0 Å². The normalized spacial score (nSPS) is 19.4. The third kappa shape index (κ3) is 12.2. The van der Waals surface area contributed by atoms with Crippen LogP contribution in [-0.2, 0) is 0 Å². The summed E-state index contributed by atoms with van der Waals surface area (Å²) in [6.45, 7) is 2.38. The molecule has 0 atom stereocenters. The Morgan fingerprint density at radius 2 is 1.67 bits per heavy atom. The van der Waals surface area contributed by atoms with Crippen molar-refractivity contribution in [2.24, 2.45) is 0 Å². The maximum absolute atomic E-state index is 8.56. The first-order valence-corrected chi connectivity index (χ1v) is 4.42. The molecule has 0 aromatic rings. The summed E-state index contributed by atoms with van der Waals surface area (Å²) in [6, 6.07) is 0. The fourth-order valence-corrected chi connectivity index (χ4v) is 0.640. The van der Waals surface area contributed by atoms with Gasteiger partial charge >= 0.3 is 74.4 Å². The number of carboxylic acid groups (broad SMARTS) is 2. The SMILES string of the molecule is C[C]1([K])CC1.O=C(O)O. The molecule has 1 aliphatic carbocycles. The first-order valence-electron chi connectivity index (χ1n) is 2.86. The number of carbonyl (C=O) groups is 1. The summed E-state index contributed by atoms with van der Waals surface area (Å²) < 4.78 is 0.938. The van der Waals surface area contributed by atoms with Crippen molar-refractivity contribution in [3.8, 4) is 0 Å². The molecule has 0 bridgehead atoms. The van der Waals surface area contributed by atoms with Crippen molar-refractivity contribution < 1.29 is 15.0 Å². The van der Waals surface area contributed by atoms with Crippen molar-refractivity contribution in [3.63, 3.8) is 0 Å². The van der Waals surface area contributed by atoms with Crippen molar-refractivity contribution in [2.45, 2.75) is 19.3 Å². The van der Waals surface area contributed by atoms with Gasteiger partial charge < -0.3 is 10.2 Å². The average Bonchev–Trinajstić information content (AvgIpc) is 2.16. The third-order valence-corrected chi connectivity index (χ3v) is 2.81. The standard InChI is InChI=1S/C4H7.CH2O3.K/c1-4-2-3-4;2-1(3)4;/h2-3H2,1H3;(H2,2,3,4);. The Kier molecular flexibility index (Phi) is 4.32. The number of hydrogen-bond donors (Lipinski definition) is 2. The first-order chi connectivity index (χ1) is 3.94. The summed E-state index contributed by atoms with van der Waals surface area (Å²) in [5.41, 5.74) is 0. The topological polar surface area (TPSA) is 57.5 Å². The molecule has 1 fully saturated rings. The van der Waals surface area contributed by atoms with Crippen LogP contribution < -0.4 is 0 Å². The van der Waals surface area contributed by atoms with Crippen LogP contribution in [0, 0.1) is 0 Å². The molecule has 48 valence electrons. The van der Waals surface area contributed by atoms with E-state index in [2.05, 4.69) is 6.92 Å². The molecule has 1 rings (SSSR count). The van der Waals surface area contributed by atoms with Gasteiger partial charge in [-0.05, 0) is 0 Å². The Balaban J connectivity index is 0.000000148. The van der Waals surface area contributed by atoms with E-state index < -0.39 is 6.16 Å². The minimum atomic E-state index is -1.83. The molecule has 0 aromatic heterocycles. The molecule has 0 aromatic carbocycles. The molecule has 0 amide bonds. The van der Waals surface area contributed by atoms with E-state index in [4.69, 9.17) is 15.0 Å². The van der Waals surface area contributed by atoms with Crippen LogP contribution in [0.5, 0.6) is 0 Å². The zero-order chi connectivity index (χ0) is 7.49. The van der Waals surface area contributed by atoms with Crippen molar-refractivity contribution >= 4 is 55.1 Å². The van der Waals surface area contributed by atoms with E-state index in [1.54, 1.807) is 0 Å². The fourth-order valence-electron chi connectivity index (χ4n) is 0.250. The number of rotatable bonds is 0. The van der Waals surface area contributed by atoms with Gasteiger partial charge in [-0.2, -0.15) is 0 Å². The van der Waals surface area contributed by atoms with Gasteiger partial charge in [-0.15, -0.1) is 0 Å². The van der Waals surface area contributed by atoms with Gasteiger partial charge in [0.05, 0.1) is 0 Å². The van der Waals surface area contributed by atoms with Crippen molar-refractivity contribution in [1.29, 1.82) is 0 Å². The molecular formula is C5H9KO3. The molecule has 2 N–H and O–H groups in total. The van der Waals surface area contributed by atoms with Crippen LogP contribution in [0.15, 0.2) is 0 Å². The van der Waals surface area contributed by atoms with Gasteiger partial charge in [-0.1, -0.05) is 0 Å². The van der Waals surface area contributed by atoms with Crippen molar-refractivity contribution in [1.82, 2.24) is 0 Å². The second kappa shape index (κ2) is 3.93. The van der Waals surface area contributed by atoms with Gasteiger partial charge in [0.2, 0.25) is 0 Å². The molecule has 0 heterocycles.